The van der Waals surface area contributed by atoms with E-state index in [2.05, 4.69) is 0 Å². The molecule has 1 fully saturated rings. The molecule has 0 saturated heterocycles. The standard InChI is InChI=1S/C22H24O3/c1-2-3-14-25-22(24)21-19(23)15-18(16-10-6-4-7-11-16)20(21)17-12-8-5-9-13-17/h4-13,18,20-21H,2-3,14-15H2,1H3/t18-,20-,21+/m0/s1. The molecule has 3 atom stereocenters. The van der Waals surface area contributed by atoms with E-state index in [-0.39, 0.29) is 23.6 Å². The minimum Gasteiger partial charge on any atom is -0.465 e. The van der Waals surface area contributed by atoms with Gasteiger partial charge in [0.15, 0.2) is 0 Å². The zero-order valence-corrected chi connectivity index (χ0v) is 14.6. The van der Waals surface area contributed by atoms with Crippen LogP contribution in [0.15, 0.2) is 60.7 Å². The molecule has 3 heteroatoms. The van der Waals surface area contributed by atoms with Crippen molar-refractivity contribution >= 4 is 11.8 Å². The van der Waals surface area contributed by atoms with Gasteiger partial charge in [0, 0.05) is 12.3 Å². The van der Waals surface area contributed by atoms with Crippen molar-refractivity contribution in [3.8, 4) is 0 Å². The number of rotatable bonds is 6. The van der Waals surface area contributed by atoms with E-state index in [9.17, 15) is 9.59 Å². The van der Waals surface area contributed by atoms with Crippen LogP contribution in [0, 0.1) is 5.92 Å². The minimum atomic E-state index is -0.704. The van der Waals surface area contributed by atoms with Crippen LogP contribution in [0.3, 0.4) is 0 Å². The Morgan fingerprint density at radius 2 is 1.60 bits per heavy atom. The zero-order valence-electron chi connectivity index (χ0n) is 14.6. The molecule has 2 aromatic rings. The van der Waals surface area contributed by atoms with Gasteiger partial charge < -0.3 is 4.74 Å². The highest BCUT2D eigenvalue weighted by molar-refractivity contribution is 6.02. The molecule has 1 aliphatic carbocycles. The lowest BCUT2D eigenvalue weighted by molar-refractivity contribution is -0.151. The lowest BCUT2D eigenvalue weighted by Crippen LogP contribution is -2.27. The van der Waals surface area contributed by atoms with Gasteiger partial charge in [0.2, 0.25) is 0 Å². The summed E-state index contributed by atoms with van der Waals surface area (Å²) in [5.74, 6) is -1.23. The predicted octanol–water partition coefficient (Wildman–Crippen LogP) is 4.49. The molecular formula is C22H24O3. The number of carbonyl (C=O) groups excluding carboxylic acids is 2. The van der Waals surface area contributed by atoms with E-state index in [4.69, 9.17) is 4.74 Å². The number of ketones is 1. The van der Waals surface area contributed by atoms with E-state index in [1.807, 2.05) is 67.6 Å². The minimum absolute atomic E-state index is 0.01000. The van der Waals surface area contributed by atoms with E-state index in [0.29, 0.717) is 13.0 Å². The van der Waals surface area contributed by atoms with Crippen LogP contribution < -0.4 is 0 Å². The summed E-state index contributed by atoms with van der Waals surface area (Å²) in [5, 5.41) is 0. The molecule has 0 radical (unpaired) electrons. The van der Waals surface area contributed by atoms with Crippen molar-refractivity contribution in [2.45, 2.75) is 38.0 Å². The molecule has 0 unspecified atom stereocenters. The summed E-state index contributed by atoms with van der Waals surface area (Å²) < 4.78 is 5.41. The summed E-state index contributed by atoms with van der Waals surface area (Å²) in [6.07, 6.45) is 2.17. The summed E-state index contributed by atoms with van der Waals surface area (Å²) in [5.41, 5.74) is 2.13. The topological polar surface area (TPSA) is 43.4 Å². The van der Waals surface area contributed by atoms with Gasteiger partial charge in [0.1, 0.15) is 11.7 Å². The Balaban J connectivity index is 1.93. The molecule has 2 aromatic carbocycles. The molecule has 1 aliphatic rings. The second-order valence-corrected chi connectivity index (χ2v) is 6.62. The first-order valence-corrected chi connectivity index (χ1v) is 9.01. The maximum Gasteiger partial charge on any atom is 0.317 e. The van der Waals surface area contributed by atoms with Gasteiger partial charge >= 0.3 is 5.97 Å². The van der Waals surface area contributed by atoms with E-state index < -0.39 is 5.92 Å². The molecule has 0 heterocycles. The molecule has 25 heavy (non-hydrogen) atoms. The van der Waals surface area contributed by atoms with Crippen molar-refractivity contribution < 1.29 is 14.3 Å². The van der Waals surface area contributed by atoms with Crippen LogP contribution in [0.1, 0.15) is 49.1 Å². The highest BCUT2D eigenvalue weighted by Gasteiger charge is 2.48. The van der Waals surface area contributed by atoms with Crippen LogP contribution in [-0.2, 0) is 14.3 Å². The second-order valence-electron chi connectivity index (χ2n) is 6.62. The molecule has 0 aliphatic heterocycles. The zero-order chi connectivity index (χ0) is 17.6. The number of hydrogen-bond acceptors (Lipinski definition) is 3. The molecule has 1 saturated carbocycles. The monoisotopic (exact) mass is 336 g/mol. The highest BCUT2D eigenvalue weighted by atomic mass is 16.5. The average Bonchev–Trinajstić information content (AvgIpc) is 3.00. The van der Waals surface area contributed by atoms with Gasteiger partial charge in [-0.2, -0.15) is 0 Å². The smallest absolute Gasteiger partial charge is 0.317 e. The molecule has 130 valence electrons. The fourth-order valence-corrected chi connectivity index (χ4v) is 3.71. The largest absolute Gasteiger partial charge is 0.465 e. The van der Waals surface area contributed by atoms with Gasteiger partial charge in [-0.25, -0.2) is 0 Å². The molecule has 3 nitrogen and oxygen atoms in total. The molecule has 0 N–H and O–H groups in total. The Bertz CT molecular complexity index is 709. The van der Waals surface area contributed by atoms with Gasteiger partial charge in [-0.1, -0.05) is 74.0 Å². The van der Waals surface area contributed by atoms with Crippen LogP contribution in [-0.4, -0.2) is 18.4 Å². The molecular weight excluding hydrogens is 312 g/mol. The fraction of sp³-hybridized carbons (Fsp3) is 0.364. The van der Waals surface area contributed by atoms with E-state index in [1.165, 1.54) is 0 Å². The van der Waals surface area contributed by atoms with Crippen molar-refractivity contribution in [3.63, 3.8) is 0 Å². The van der Waals surface area contributed by atoms with Gasteiger partial charge in [-0.3, -0.25) is 9.59 Å². The highest BCUT2D eigenvalue weighted by Crippen LogP contribution is 2.48. The van der Waals surface area contributed by atoms with Gasteiger partial charge in [0.25, 0.3) is 0 Å². The lowest BCUT2D eigenvalue weighted by atomic mass is 9.80. The Morgan fingerprint density at radius 3 is 2.20 bits per heavy atom. The average molecular weight is 336 g/mol. The first-order valence-electron chi connectivity index (χ1n) is 9.01. The SMILES string of the molecule is CCCCOC(=O)[C@@H]1C(=O)C[C@@H](c2ccccc2)[C@@H]1c1ccccc1. The number of carbonyl (C=O) groups is 2. The van der Waals surface area contributed by atoms with Crippen molar-refractivity contribution in [1.29, 1.82) is 0 Å². The molecule has 3 rings (SSSR count). The third-order valence-corrected chi connectivity index (χ3v) is 4.97. The fourth-order valence-electron chi connectivity index (χ4n) is 3.71. The van der Waals surface area contributed by atoms with Gasteiger partial charge in [-0.15, -0.1) is 0 Å². The molecule has 0 spiro atoms. The first kappa shape index (κ1) is 17.4. The molecule has 0 bridgehead atoms. The van der Waals surface area contributed by atoms with Crippen molar-refractivity contribution in [3.05, 3.63) is 71.8 Å². The maximum absolute atomic E-state index is 12.7. The first-order chi connectivity index (χ1) is 12.2. The lowest BCUT2D eigenvalue weighted by Gasteiger charge is -2.24. The number of Topliss-reactive ketones (excluding diaryl/α,β-unsaturated/α-hetero) is 1. The Kier molecular flexibility index (Phi) is 5.64. The van der Waals surface area contributed by atoms with Crippen LogP contribution in [0.25, 0.3) is 0 Å². The van der Waals surface area contributed by atoms with Crippen molar-refractivity contribution in [2.24, 2.45) is 5.92 Å². The number of esters is 1. The van der Waals surface area contributed by atoms with E-state index in [1.54, 1.807) is 0 Å². The van der Waals surface area contributed by atoms with Crippen LogP contribution in [0.5, 0.6) is 0 Å². The molecule has 0 amide bonds. The summed E-state index contributed by atoms with van der Waals surface area (Å²) in [7, 11) is 0. The second kappa shape index (κ2) is 8.11. The van der Waals surface area contributed by atoms with Crippen LogP contribution in [0.4, 0.5) is 0 Å². The van der Waals surface area contributed by atoms with Gasteiger partial charge in [0.05, 0.1) is 6.61 Å². The Morgan fingerprint density at radius 1 is 1.00 bits per heavy atom. The normalized spacial score (nSPS) is 22.8. The summed E-state index contributed by atoms with van der Waals surface area (Å²) in [6.45, 7) is 2.43. The predicted molar refractivity (Wildman–Crippen MR) is 97.3 cm³/mol. The van der Waals surface area contributed by atoms with Gasteiger partial charge in [-0.05, 0) is 23.5 Å². The summed E-state index contributed by atoms with van der Waals surface area (Å²) in [6, 6.07) is 19.9. The van der Waals surface area contributed by atoms with E-state index in [0.717, 1.165) is 24.0 Å². The maximum atomic E-state index is 12.7. The number of benzene rings is 2. The quantitative estimate of drug-likeness (QED) is 0.443. The Labute approximate surface area is 149 Å². The van der Waals surface area contributed by atoms with Crippen molar-refractivity contribution in [2.75, 3.05) is 6.61 Å². The third kappa shape index (κ3) is 3.81. The third-order valence-electron chi connectivity index (χ3n) is 4.97. The molecule has 0 aromatic heterocycles. The Hall–Kier alpha value is -2.42. The van der Waals surface area contributed by atoms with Crippen LogP contribution in [0.2, 0.25) is 0 Å². The van der Waals surface area contributed by atoms with Crippen LogP contribution >= 0.6 is 0 Å². The summed E-state index contributed by atoms with van der Waals surface area (Å²) in [4.78, 5) is 25.4. The number of ether oxygens (including phenoxy) is 1. The van der Waals surface area contributed by atoms with E-state index >= 15 is 0 Å². The van der Waals surface area contributed by atoms with Crippen molar-refractivity contribution in [1.82, 2.24) is 0 Å². The number of hydrogen-bond donors (Lipinski definition) is 0. The summed E-state index contributed by atoms with van der Waals surface area (Å²) >= 11 is 0. The number of unbranched alkanes of at least 4 members (excludes halogenated alkanes) is 1.